The number of halogens is 3. The fraction of sp³-hybridized carbons (Fsp3) is 0.588. The number of rotatable bonds is 2. The smallest absolute Gasteiger partial charge is 0.317 e. The number of aromatic nitrogens is 1. The summed E-state index contributed by atoms with van der Waals surface area (Å²) in [4.78, 5) is 21.0. The van der Waals surface area contributed by atoms with E-state index in [0.29, 0.717) is 43.0 Å². The number of alkyl halides is 3. The SMILES string of the molecule is CC1(c2nc(C(F)(F)F)ccc2C2=NC3(CCNCC3)C(=O)N2)CC1. The first-order chi connectivity index (χ1) is 11.7. The quantitative estimate of drug-likeness (QED) is 0.857. The summed E-state index contributed by atoms with van der Waals surface area (Å²) in [5.41, 5.74) is -1.19. The van der Waals surface area contributed by atoms with E-state index in [9.17, 15) is 18.0 Å². The van der Waals surface area contributed by atoms with Crippen LogP contribution in [0.4, 0.5) is 13.2 Å². The van der Waals surface area contributed by atoms with Crippen LogP contribution in [0.1, 0.15) is 49.6 Å². The van der Waals surface area contributed by atoms with Gasteiger partial charge in [0.1, 0.15) is 17.1 Å². The van der Waals surface area contributed by atoms with Gasteiger partial charge in [0, 0.05) is 11.0 Å². The van der Waals surface area contributed by atoms with Crippen LogP contribution in [0.2, 0.25) is 0 Å². The highest BCUT2D eigenvalue weighted by Crippen LogP contribution is 2.49. The fourth-order valence-electron chi connectivity index (χ4n) is 3.52. The van der Waals surface area contributed by atoms with Gasteiger partial charge in [0.25, 0.3) is 5.91 Å². The second-order valence-corrected chi connectivity index (χ2v) is 7.35. The Morgan fingerprint density at radius 2 is 1.80 bits per heavy atom. The number of amides is 1. The molecular formula is C17H19F3N4O. The van der Waals surface area contributed by atoms with Gasteiger partial charge in [-0.1, -0.05) is 6.92 Å². The van der Waals surface area contributed by atoms with Crippen LogP contribution in [0.25, 0.3) is 0 Å². The van der Waals surface area contributed by atoms with Crippen molar-refractivity contribution in [2.24, 2.45) is 4.99 Å². The molecule has 3 heterocycles. The van der Waals surface area contributed by atoms with Crippen molar-refractivity contribution in [1.82, 2.24) is 15.6 Å². The van der Waals surface area contributed by atoms with Crippen molar-refractivity contribution in [3.8, 4) is 0 Å². The van der Waals surface area contributed by atoms with Crippen LogP contribution in [0.15, 0.2) is 17.1 Å². The fourth-order valence-corrected chi connectivity index (χ4v) is 3.52. The first kappa shape index (κ1) is 16.5. The topological polar surface area (TPSA) is 66.4 Å². The molecule has 3 aliphatic rings. The van der Waals surface area contributed by atoms with Crippen LogP contribution in [0.5, 0.6) is 0 Å². The lowest BCUT2D eigenvalue weighted by atomic mass is 9.89. The Kier molecular flexibility index (Phi) is 3.48. The van der Waals surface area contributed by atoms with Gasteiger partial charge in [-0.05, 0) is 50.9 Å². The molecule has 0 unspecified atom stereocenters. The highest BCUT2D eigenvalue weighted by molar-refractivity contribution is 6.16. The molecule has 25 heavy (non-hydrogen) atoms. The van der Waals surface area contributed by atoms with Crippen LogP contribution in [0.3, 0.4) is 0 Å². The zero-order chi connectivity index (χ0) is 17.9. The van der Waals surface area contributed by atoms with Gasteiger partial charge in [-0.2, -0.15) is 13.2 Å². The Labute approximate surface area is 143 Å². The van der Waals surface area contributed by atoms with Gasteiger partial charge in [0.15, 0.2) is 0 Å². The number of hydrogen-bond acceptors (Lipinski definition) is 4. The minimum absolute atomic E-state index is 0.171. The number of pyridine rings is 1. The summed E-state index contributed by atoms with van der Waals surface area (Å²) in [5, 5.41) is 5.99. The third-order valence-corrected chi connectivity index (χ3v) is 5.42. The van der Waals surface area contributed by atoms with E-state index in [1.165, 1.54) is 6.07 Å². The van der Waals surface area contributed by atoms with Gasteiger partial charge in [-0.25, -0.2) is 4.98 Å². The lowest BCUT2D eigenvalue weighted by molar-refractivity contribution is -0.141. The number of piperidine rings is 1. The van der Waals surface area contributed by atoms with Gasteiger partial charge < -0.3 is 10.6 Å². The second-order valence-electron chi connectivity index (χ2n) is 7.35. The lowest BCUT2D eigenvalue weighted by Crippen LogP contribution is -2.47. The zero-order valence-corrected chi connectivity index (χ0v) is 13.8. The van der Waals surface area contributed by atoms with E-state index in [-0.39, 0.29) is 11.3 Å². The number of nitrogens with one attached hydrogen (secondary N) is 2. The molecule has 5 nitrogen and oxygen atoms in total. The summed E-state index contributed by atoms with van der Waals surface area (Å²) in [6.45, 7) is 3.29. The maximum Gasteiger partial charge on any atom is 0.433 e. The number of hydrogen-bond donors (Lipinski definition) is 2. The molecule has 1 aliphatic carbocycles. The standard InChI is InChI=1S/C17H19F3N4O/c1-15(4-5-15)12-10(2-3-11(22-12)17(18,19)20)13-23-14(25)16(24-13)6-8-21-9-7-16/h2-3,21H,4-9H2,1H3,(H,23,24,25). The van der Waals surface area contributed by atoms with Crippen molar-refractivity contribution in [1.29, 1.82) is 0 Å². The highest BCUT2D eigenvalue weighted by Gasteiger charge is 2.48. The van der Waals surface area contributed by atoms with Crippen molar-refractivity contribution >= 4 is 11.7 Å². The van der Waals surface area contributed by atoms with E-state index in [0.717, 1.165) is 18.9 Å². The number of aliphatic imine (C=N–C) groups is 1. The molecule has 1 aromatic heterocycles. The Morgan fingerprint density at radius 1 is 1.12 bits per heavy atom. The van der Waals surface area contributed by atoms with E-state index < -0.39 is 17.4 Å². The van der Waals surface area contributed by atoms with E-state index in [1.54, 1.807) is 0 Å². The van der Waals surface area contributed by atoms with E-state index >= 15 is 0 Å². The minimum Gasteiger partial charge on any atom is -0.317 e. The summed E-state index contributed by atoms with van der Waals surface area (Å²) in [6.07, 6.45) is -1.75. The Balaban J connectivity index is 1.78. The Hall–Kier alpha value is -1.96. The molecular weight excluding hydrogens is 333 g/mol. The summed E-state index contributed by atoms with van der Waals surface area (Å²) < 4.78 is 39.2. The van der Waals surface area contributed by atoms with Crippen LogP contribution in [0, 0.1) is 0 Å². The van der Waals surface area contributed by atoms with Gasteiger partial charge in [0.05, 0.1) is 5.69 Å². The molecule has 0 bridgehead atoms. The predicted octanol–water partition coefficient (Wildman–Crippen LogP) is 2.15. The molecule has 2 N–H and O–H groups in total. The largest absolute Gasteiger partial charge is 0.433 e. The molecule has 1 amide bonds. The Morgan fingerprint density at radius 3 is 2.40 bits per heavy atom. The normalized spacial score (nSPS) is 24.2. The summed E-state index contributed by atoms with van der Waals surface area (Å²) in [5.74, 6) is 0.187. The monoisotopic (exact) mass is 352 g/mol. The molecule has 1 spiro atoms. The molecule has 1 aromatic rings. The van der Waals surface area contributed by atoms with Crippen molar-refractivity contribution in [2.75, 3.05) is 13.1 Å². The van der Waals surface area contributed by atoms with Crippen molar-refractivity contribution < 1.29 is 18.0 Å². The van der Waals surface area contributed by atoms with E-state index in [1.807, 2.05) is 6.92 Å². The number of nitrogens with zero attached hydrogens (tertiary/aromatic N) is 2. The molecule has 1 saturated heterocycles. The second kappa shape index (κ2) is 5.27. The zero-order valence-electron chi connectivity index (χ0n) is 13.8. The molecule has 0 radical (unpaired) electrons. The summed E-state index contributed by atoms with van der Waals surface area (Å²) >= 11 is 0. The minimum atomic E-state index is -4.49. The van der Waals surface area contributed by atoms with Crippen molar-refractivity contribution in [2.45, 2.75) is 49.7 Å². The van der Waals surface area contributed by atoms with Crippen LogP contribution in [-0.4, -0.2) is 35.4 Å². The van der Waals surface area contributed by atoms with Crippen LogP contribution < -0.4 is 10.6 Å². The molecule has 8 heteroatoms. The van der Waals surface area contributed by atoms with Crippen LogP contribution >= 0.6 is 0 Å². The first-order valence-corrected chi connectivity index (χ1v) is 8.45. The molecule has 134 valence electrons. The van der Waals surface area contributed by atoms with Gasteiger partial charge in [-0.15, -0.1) is 0 Å². The third-order valence-electron chi connectivity index (χ3n) is 5.42. The van der Waals surface area contributed by atoms with E-state index in [4.69, 9.17) is 0 Å². The lowest BCUT2D eigenvalue weighted by Gasteiger charge is -2.28. The molecule has 2 aliphatic heterocycles. The summed E-state index contributed by atoms with van der Waals surface area (Å²) in [6, 6.07) is 2.36. The van der Waals surface area contributed by atoms with Crippen LogP contribution in [-0.2, 0) is 16.4 Å². The number of carbonyl (C=O) groups is 1. The number of carbonyl (C=O) groups excluding carboxylic acids is 1. The molecule has 2 fully saturated rings. The average molecular weight is 352 g/mol. The highest BCUT2D eigenvalue weighted by atomic mass is 19.4. The molecule has 1 saturated carbocycles. The molecule has 0 aromatic carbocycles. The maximum atomic E-state index is 13.1. The summed E-state index contributed by atoms with van der Waals surface area (Å²) in [7, 11) is 0. The van der Waals surface area contributed by atoms with Crippen molar-refractivity contribution in [3.05, 3.63) is 29.1 Å². The predicted molar refractivity (Wildman–Crippen MR) is 85.3 cm³/mol. The Bertz CT molecular complexity index is 762. The van der Waals surface area contributed by atoms with Crippen molar-refractivity contribution in [3.63, 3.8) is 0 Å². The van der Waals surface area contributed by atoms with E-state index in [2.05, 4.69) is 20.6 Å². The molecule has 4 rings (SSSR count). The maximum absolute atomic E-state index is 13.1. The average Bonchev–Trinajstić information content (AvgIpc) is 3.25. The van der Waals surface area contributed by atoms with Gasteiger partial charge in [-0.3, -0.25) is 9.79 Å². The third kappa shape index (κ3) is 2.72. The number of amidine groups is 1. The molecule has 0 atom stereocenters. The van der Waals surface area contributed by atoms with Gasteiger partial charge >= 0.3 is 6.18 Å². The van der Waals surface area contributed by atoms with Gasteiger partial charge in [0.2, 0.25) is 0 Å². The first-order valence-electron chi connectivity index (χ1n) is 8.45.